The van der Waals surface area contributed by atoms with Gasteiger partial charge in [0.25, 0.3) is 10.0 Å². The molecular formula is C27H26F2N2O6S. The first kappa shape index (κ1) is 26.1. The van der Waals surface area contributed by atoms with E-state index in [1.807, 2.05) is 0 Å². The van der Waals surface area contributed by atoms with E-state index >= 15 is 0 Å². The zero-order valence-electron chi connectivity index (χ0n) is 20.1. The number of halogens is 2. The van der Waals surface area contributed by atoms with E-state index < -0.39 is 40.0 Å². The molecular weight excluding hydrogens is 518 g/mol. The van der Waals surface area contributed by atoms with Crippen LogP contribution in [0.3, 0.4) is 0 Å². The van der Waals surface area contributed by atoms with Crippen molar-refractivity contribution in [2.24, 2.45) is 0 Å². The summed E-state index contributed by atoms with van der Waals surface area (Å²) in [5.41, 5.74) is 1.39. The van der Waals surface area contributed by atoms with E-state index in [4.69, 9.17) is 9.47 Å². The quantitative estimate of drug-likeness (QED) is 0.400. The molecule has 11 heteroatoms. The average Bonchev–Trinajstić information content (AvgIpc) is 3.25. The van der Waals surface area contributed by atoms with Gasteiger partial charge in [-0.15, -0.1) is 0 Å². The maximum atomic E-state index is 13.9. The molecule has 8 nitrogen and oxygen atoms in total. The van der Waals surface area contributed by atoms with Crippen LogP contribution in [0.5, 0.6) is 5.75 Å². The number of aliphatic hydroxyl groups excluding tert-OH is 1. The van der Waals surface area contributed by atoms with E-state index in [-0.39, 0.29) is 36.3 Å². The fourth-order valence-corrected chi connectivity index (χ4v) is 5.94. The number of sulfonamides is 1. The van der Waals surface area contributed by atoms with Gasteiger partial charge in [-0.3, -0.25) is 9.52 Å². The van der Waals surface area contributed by atoms with E-state index in [9.17, 15) is 27.1 Å². The van der Waals surface area contributed by atoms with E-state index in [1.165, 1.54) is 18.2 Å². The molecule has 0 unspecified atom stereocenters. The number of aliphatic hydroxyl groups is 1. The SMILES string of the molecule is O=C(C[C@H]1C[C@H]2c3cc(NS(=O)(=O)c4ccc(F)cc4)ccc3O[C@H]2[C@H](CO)O1)NCc1ccccc1F. The van der Waals surface area contributed by atoms with Crippen LogP contribution in [-0.2, 0) is 26.1 Å². The number of amides is 1. The van der Waals surface area contributed by atoms with Crippen molar-refractivity contribution in [3.63, 3.8) is 0 Å². The molecule has 1 saturated heterocycles. The van der Waals surface area contributed by atoms with Crippen molar-refractivity contribution in [3.8, 4) is 5.75 Å². The zero-order valence-corrected chi connectivity index (χ0v) is 21.0. The highest BCUT2D eigenvalue weighted by Gasteiger charge is 2.46. The van der Waals surface area contributed by atoms with Crippen molar-refractivity contribution < 1.29 is 36.6 Å². The Balaban J connectivity index is 1.29. The minimum Gasteiger partial charge on any atom is -0.487 e. The van der Waals surface area contributed by atoms with Crippen molar-refractivity contribution in [1.29, 1.82) is 0 Å². The molecule has 38 heavy (non-hydrogen) atoms. The Labute approximate surface area is 218 Å². The first-order chi connectivity index (χ1) is 18.2. The molecule has 0 bridgehead atoms. The van der Waals surface area contributed by atoms with Gasteiger partial charge in [-0.1, -0.05) is 18.2 Å². The molecule has 3 aromatic carbocycles. The number of benzene rings is 3. The maximum Gasteiger partial charge on any atom is 0.261 e. The summed E-state index contributed by atoms with van der Waals surface area (Å²) in [5.74, 6) is -0.992. The van der Waals surface area contributed by atoms with E-state index in [2.05, 4.69) is 10.0 Å². The summed E-state index contributed by atoms with van der Waals surface area (Å²) < 4.78 is 67.1. The second-order valence-corrected chi connectivity index (χ2v) is 11.0. The number of rotatable bonds is 8. The van der Waals surface area contributed by atoms with Gasteiger partial charge in [0.15, 0.2) is 0 Å². The summed E-state index contributed by atoms with van der Waals surface area (Å²) in [6.07, 6.45) is -1.33. The predicted octanol–water partition coefficient (Wildman–Crippen LogP) is 3.47. The third-order valence-corrected chi connectivity index (χ3v) is 8.12. The number of carbonyl (C=O) groups excluding carboxylic acids is 1. The smallest absolute Gasteiger partial charge is 0.261 e. The van der Waals surface area contributed by atoms with Gasteiger partial charge in [0.05, 0.1) is 24.0 Å². The molecule has 0 spiro atoms. The number of ether oxygens (including phenoxy) is 2. The van der Waals surface area contributed by atoms with Gasteiger partial charge in [0, 0.05) is 29.3 Å². The molecule has 0 saturated carbocycles. The number of hydrogen-bond acceptors (Lipinski definition) is 6. The Bertz CT molecular complexity index is 1430. The summed E-state index contributed by atoms with van der Waals surface area (Å²) in [7, 11) is -3.95. The molecule has 1 fully saturated rings. The van der Waals surface area contributed by atoms with Crippen LogP contribution in [0.2, 0.25) is 0 Å². The molecule has 3 aromatic rings. The van der Waals surface area contributed by atoms with Crippen molar-refractivity contribution in [2.45, 2.75) is 48.5 Å². The summed E-state index contributed by atoms with van der Waals surface area (Å²) in [6.45, 7) is -0.288. The van der Waals surface area contributed by atoms with Crippen LogP contribution < -0.4 is 14.8 Å². The normalized spacial score (nSPS) is 22.2. The van der Waals surface area contributed by atoms with Gasteiger partial charge in [-0.2, -0.15) is 0 Å². The molecule has 1 amide bonds. The van der Waals surface area contributed by atoms with Crippen LogP contribution in [0, 0.1) is 11.6 Å². The second-order valence-electron chi connectivity index (χ2n) is 9.29. The Morgan fingerprint density at radius 2 is 1.82 bits per heavy atom. The fraction of sp³-hybridized carbons (Fsp3) is 0.296. The highest BCUT2D eigenvalue weighted by Crippen LogP contribution is 2.47. The van der Waals surface area contributed by atoms with E-state index in [0.717, 1.165) is 17.7 Å². The average molecular weight is 545 g/mol. The van der Waals surface area contributed by atoms with Gasteiger partial charge in [-0.05, 0) is 55.0 Å². The van der Waals surface area contributed by atoms with Crippen molar-refractivity contribution >= 4 is 21.6 Å². The molecule has 2 aliphatic rings. The summed E-state index contributed by atoms with van der Waals surface area (Å²) in [4.78, 5) is 12.5. The van der Waals surface area contributed by atoms with Crippen LogP contribution >= 0.6 is 0 Å². The summed E-state index contributed by atoms with van der Waals surface area (Å²) in [5, 5.41) is 12.6. The number of anilines is 1. The Morgan fingerprint density at radius 1 is 1.05 bits per heavy atom. The fourth-order valence-electron chi connectivity index (χ4n) is 4.89. The molecule has 2 heterocycles. The lowest BCUT2D eigenvalue weighted by Gasteiger charge is -2.37. The standard InChI is InChI=1S/C27H26F2N2O6S/c28-17-5-8-20(9-6-17)38(34,35)31-18-7-10-24-21(11-18)22-12-19(36-25(15-32)27(22)37-24)13-26(33)30-14-16-3-1-2-4-23(16)29/h1-11,19,22,25,27,31-32H,12-15H2,(H,30,33)/t19-,22+,25+,27-/m1/s1. The topological polar surface area (TPSA) is 114 Å². The lowest BCUT2D eigenvalue weighted by molar-refractivity contribution is -0.142. The van der Waals surface area contributed by atoms with Crippen LogP contribution in [0.25, 0.3) is 0 Å². The van der Waals surface area contributed by atoms with E-state index in [1.54, 1.807) is 36.4 Å². The van der Waals surface area contributed by atoms with Gasteiger partial charge >= 0.3 is 0 Å². The number of fused-ring (bicyclic) bond motifs is 3. The highest BCUT2D eigenvalue weighted by atomic mass is 32.2. The number of hydrogen-bond donors (Lipinski definition) is 3. The summed E-state index contributed by atoms with van der Waals surface area (Å²) in [6, 6.07) is 15.5. The predicted molar refractivity (Wildman–Crippen MR) is 134 cm³/mol. The number of nitrogens with one attached hydrogen (secondary N) is 2. The molecule has 4 atom stereocenters. The monoisotopic (exact) mass is 544 g/mol. The van der Waals surface area contributed by atoms with Gasteiger partial charge in [0.2, 0.25) is 5.91 Å². The molecule has 0 aromatic heterocycles. The molecule has 3 N–H and O–H groups in total. The Kier molecular flexibility index (Phi) is 7.33. The maximum absolute atomic E-state index is 13.9. The molecule has 0 radical (unpaired) electrons. The highest BCUT2D eigenvalue weighted by molar-refractivity contribution is 7.92. The second kappa shape index (κ2) is 10.7. The Morgan fingerprint density at radius 3 is 2.55 bits per heavy atom. The molecule has 5 rings (SSSR count). The van der Waals surface area contributed by atoms with Gasteiger partial charge < -0.3 is 19.9 Å². The molecule has 200 valence electrons. The zero-order chi connectivity index (χ0) is 26.9. The number of carbonyl (C=O) groups is 1. The third kappa shape index (κ3) is 5.50. The van der Waals surface area contributed by atoms with Crippen molar-refractivity contribution in [3.05, 3.63) is 89.5 Å². The van der Waals surface area contributed by atoms with Crippen molar-refractivity contribution in [1.82, 2.24) is 5.32 Å². The molecule has 2 aliphatic heterocycles. The molecule has 0 aliphatic carbocycles. The minimum absolute atomic E-state index is 0.000390. The van der Waals surface area contributed by atoms with Crippen molar-refractivity contribution in [2.75, 3.05) is 11.3 Å². The summed E-state index contributed by atoms with van der Waals surface area (Å²) >= 11 is 0. The lowest BCUT2D eigenvalue weighted by atomic mass is 9.84. The first-order valence-corrected chi connectivity index (χ1v) is 13.6. The third-order valence-electron chi connectivity index (χ3n) is 6.72. The Hall–Kier alpha value is -3.54. The first-order valence-electron chi connectivity index (χ1n) is 12.1. The van der Waals surface area contributed by atoms with Crippen LogP contribution in [-0.4, -0.2) is 44.4 Å². The van der Waals surface area contributed by atoms with Crippen LogP contribution in [0.4, 0.5) is 14.5 Å². The van der Waals surface area contributed by atoms with Crippen LogP contribution in [0.1, 0.15) is 29.9 Å². The minimum atomic E-state index is -3.95. The van der Waals surface area contributed by atoms with E-state index in [0.29, 0.717) is 23.4 Å². The van der Waals surface area contributed by atoms with Gasteiger partial charge in [0.1, 0.15) is 29.6 Å². The van der Waals surface area contributed by atoms with Crippen LogP contribution in [0.15, 0.2) is 71.6 Å². The largest absolute Gasteiger partial charge is 0.487 e. The lowest BCUT2D eigenvalue weighted by Crippen LogP contribution is -2.47. The van der Waals surface area contributed by atoms with Gasteiger partial charge in [-0.25, -0.2) is 17.2 Å².